The molecular weight excluding hydrogens is 200 g/mol. The van der Waals surface area contributed by atoms with Gasteiger partial charge >= 0.3 is 0 Å². The summed E-state index contributed by atoms with van der Waals surface area (Å²) in [5.41, 5.74) is 0. The second-order valence-corrected chi connectivity index (χ2v) is 5.35. The average Bonchev–Trinajstić information content (AvgIpc) is 2.25. The maximum Gasteiger partial charge on any atom is 0.0701 e. The average molecular weight is 228 g/mol. The van der Waals surface area contributed by atoms with Crippen LogP contribution in [-0.2, 0) is 4.74 Å². The van der Waals surface area contributed by atoms with Gasteiger partial charge in [0.25, 0.3) is 0 Å². The first-order valence-electron chi connectivity index (χ1n) is 6.69. The maximum atomic E-state index is 5.73. The lowest BCUT2D eigenvalue weighted by atomic mass is 10.1. The Balaban J connectivity index is 1.99. The van der Waals surface area contributed by atoms with Crippen LogP contribution in [0.2, 0.25) is 0 Å². The van der Waals surface area contributed by atoms with E-state index in [4.69, 9.17) is 4.74 Å². The second kappa shape index (κ2) is 8.04. The number of rotatable bonds is 7. The van der Waals surface area contributed by atoms with E-state index in [1.54, 1.807) is 0 Å². The predicted molar refractivity (Wildman–Crippen MR) is 68.8 cm³/mol. The van der Waals surface area contributed by atoms with Crippen molar-refractivity contribution in [3.8, 4) is 0 Å². The number of likely N-dealkylation sites (N-methyl/N-ethyl adjacent to an activating group) is 1. The van der Waals surface area contributed by atoms with E-state index in [1.165, 1.54) is 19.3 Å². The smallest absolute Gasteiger partial charge is 0.0701 e. The summed E-state index contributed by atoms with van der Waals surface area (Å²) in [6, 6.07) is 0. The summed E-state index contributed by atoms with van der Waals surface area (Å²) >= 11 is 0. The molecule has 0 aromatic rings. The van der Waals surface area contributed by atoms with Crippen molar-refractivity contribution in [3.63, 3.8) is 0 Å². The Hall–Kier alpha value is -0.120. The lowest BCUT2D eigenvalue weighted by Gasteiger charge is -2.27. The fourth-order valence-electron chi connectivity index (χ4n) is 2.05. The molecule has 1 saturated heterocycles. The molecular formula is C13H28N2O. The third-order valence-corrected chi connectivity index (χ3v) is 3.01. The van der Waals surface area contributed by atoms with Crippen LogP contribution < -0.4 is 5.32 Å². The lowest BCUT2D eigenvalue weighted by molar-refractivity contribution is -0.00123. The minimum atomic E-state index is 0.476. The van der Waals surface area contributed by atoms with Crippen LogP contribution in [0.15, 0.2) is 0 Å². The molecule has 1 unspecified atom stereocenters. The molecule has 3 heteroatoms. The molecule has 1 aliphatic rings. The first-order valence-corrected chi connectivity index (χ1v) is 6.69. The van der Waals surface area contributed by atoms with Crippen molar-refractivity contribution in [2.75, 3.05) is 39.8 Å². The number of nitrogens with one attached hydrogen (secondary N) is 1. The van der Waals surface area contributed by atoms with Gasteiger partial charge in [-0.25, -0.2) is 0 Å². The third kappa shape index (κ3) is 6.46. The zero-order valence-corrected chi connectivity index (χ0v) is 11.2. The molecule has 1 heterocycles. The Morgan fingerprint density at radius 3 is 2.81 bits per heavy atom. The Morgan fingerprint density at radius 1 is 1.38 bits per heavy atom. The van der Waals surface area contributed by atoms with Gasteiger partial charge in [0.05, 0.1) is 6.10 Å². The molecule has 0 aliphatic carbocycles. The van der Waals surface area contributed by atoms with Crippen LogP contribution in [-0.4, -0.2) is 50.8 Å². The van der Waals surface area contributed by atoms with Crippen molar-refractivity contribution in [2.45, 2.75) is 39.2 Å². The van der Waals surface area contributed by atoms with Crippen molar-refractivity contribution >= 4 is 0 Å². The molecule has 0 aromatic heterocycles. The summed E-state index contributed by atoms with van der Waals surface area (Å²) in [6.45, 7) is 9.86. The van der Waals surface area contributed by atoms with E-state index in [1.807, 2.05) is 0 Å². The van der Waals surface area contributed by atoms with Crippen LogP contribution in [0, 0.1) is 5.92 Å². The van der Waals surface area contributed by atoms with Crippen molar-refractivity contribution in [1.82, 2.24) is 10.2 Å². The van der Waals surface area contributed by atoms with E-state index >= 15 is 0 Å². The second-order valence-electron chi connectivity index (χ2n) is 5.35. The van der Waals surface area contributed by atoms with Crippen molar-refractivity contribution in [1.29, 1.82) is 0 Å². The molecule has 1 fully saturated rings. The molecule has 0 amide bonds. The SMILES string of the molecule is CC(C)CNCCN(C)CC1CCCCO1. The quantitative estimate of drug-likeness (QED) is 0.672. The fourth-order valence-corrected chi connectivity index (χ4v) is 2.05. The highest BCUT2D eigenvalue weighted by Gasteiger charge is 2.15. The molecule has 0 bridgehead atoms. The molecule has 1 aliphatic heterocycles. The minimum absolute atomic E-state index is 0.476. The van der Waals surface area contributed by atoms with Crippen LogP contribution in [0.4, 0.5) is 0 Å². The molecule has 0 aromatic carbocycles. The van der Waals surface area contributed by atoms with E-state index in [9.17, 15) is 0 Å². The number of hydrogen-bond donors (Lipinski definition) is 1. The Morgan fingerprint density at radius 2 is 2.19 bits per heavy atom. The summed E-state index contributed by atoms with van der Waals surface area (Å²) in [7, 11) is 2.19. The molecule has 0 spiro atoms. The van der Waals surface area contributed by atoms with Gasteiger partial charge in [-0.3, -0.25) is 0 Å². The van der Waals surface area contributed by atoms with Gasteiger partial charge < -0.3 is 15.0 Å². The Kier molecular flexibility index (Phi) is 7.01. The maximum absolute atomic E-state index is 5.73. The molecule has 16 heavy (non-hydrogen) atoms. The van der Waals surface area contributed by atoms with Gasteiger partial charge in [0.2, 0.25) is 0 Å². The van der Waals surface area contributed by atoms with Crippen molar-refractivity contribution in [2.24, 2.45) is 5.92 Å². The topological polar surface area (TPSA) is 24.5 Å². The van der Waals surface area contributed by atoms with Gasteiger partial charge in [0.15, 0.2) is 0 Å². The predicted octanol–water partition coefficient (Wildman–Crippen LogP) is 1.73. The molecule has 3 nitrogen and oxygen atoms in total. The van der Waals surface area contributed by atoms with Gasteiger partial charge in [-0.15, -0.1) is 0 Å². The largest absolute Gasteiger partial charge is 0.377 e. The highest BCUT2D eigenvalue weighted by atomic mass is 16.5. The molecule has 1 N–H and O–H groups in total. The van der Waals surface area contributed by atoms with E-state index in [0.717, 1.165) is 38.7 Å². The first-order chi connectivity index (χ1) is 7.68. The van der Waals surface area contributed by atoms with Crippen molar-refractivity contribution in [3.05, 3.63) is 0 Å². The third-order valence-electron chi connectivity index (χ3n) is 3.01. The van der Waals surface area contributed by atoms with E-state index in [2.05, 4.69) is 31.1 Å². The molecule has 96 valence electrons. The van der Waals surface area contributed by atoms with Crippen LogP contribution >= 0.6 is 0 Å². The Labute approximate surface area is 101 Å². The normalized spacial score (nSPS) is 21.9. The molecule has 1 rings (SSSR count). The van der Waals surface area contributed by atoms with Crippen LogP contribution in [0.1, 0.15) is 33.1 Å². The van der Waals surface area contributed by atoms with Crippen LogP contribution in [0.25, 0.3) is 0 Å². The number of hydrogen-bond acceptors (Lipinski definition) is 3. The number of nitrogens with zero attached hydrogens (tertiary/aromatic N) is 1. The minimum Gasteiger partial charge on any atom is -0.377 e. The zero-order chi connectivity index (χ0) is 11.8. The lowest BCUT2D eigenvalue weighted by Crippen LogP contribution is -2.37. The molecule has 0 radical (unpaired) electrons. The van der Waals surface area contributed by atoms with E-state index < -0.39 is 0 Å². The van der Waals surface area contributed by atoms with Gasteiger partial charge in [0, 0.05) is 26.2 Å². The molecule has 0 saturated carbocycles. The Bertz CT molecular complexity index is 167. The van der Waals surface area contributed by atoms with Crippen molar-refractivity contribution < 1.29 is 4.74 Å². The van der Waals surface area contributed by atoms with E-state index in [-0.39, 0.29) is 0 Å². The summed E-state index contributed by atoms with van der Waals surface area (Å²) in [5.74, 6) is 0.743. The summed E-state index contributed by atoms with van der Waals surface area (Å²) in [5, 5.41) is 3.47. The standard InChI is InChI=1S/C13H28N2O/c1-12(2)10-14-7-8-15(3)11-13-6-4-5-9-16-13/h12-14H,4-11H2,1-3H3. The van der Waals surface area contributed by atoms with Crippen LogP contribution in [0.5, 0.6) is 0 Å². The van der Waals surface area contributed by atoms with Gasteiger partial charge in [-0.1, -0.05) is 13.8 Å². The van der Waals surface area contributed by atoms with Gasteiger partial charge in [-0.2, -0.15) is 0 Å². The zero-order valence-electron chi connectivity index (χ0n) is 11.2. The summed E-state index contributed by atoms with van der Waals surface area (Å²) in [4.78, 5) is 2.38. The van der Waals surface area contributed by atoms with Gasteiger partial charge in [0.1, 0.15) is 0 Å². The summed E-state index contributed by atoms with van der Waals surface area (Å²) < 4.78 is 5.73. The highest BCUT2D eigenvalue weighted by molar-refractivity contribution is 4.68. The number of ether oxygens (including phenoxy) is 1. The van der Waals surface area contributed by atoms with Crippen LogP contribution in [0.3, 0.4) is 0 Å². The summed E-state index contributed by atoms with van der Waals surface area (Å²) in [6.07, 6.45) is 4.30. The fraction of sp³-hybridized carbons (Fsp3) is 1.00. The van der Waals surface area contributed by atoms with Gasteiger partial charge in [-0.05, 0) is 38.8 Å². The molecule has 1 atom stereocenters. The first kappa shape index (κ1) is 13.9. The van der Waals surface area contributed by atoms with E-state index in [0.29, 0.717) is 6.10 Å². The monoisotopic (exact) mass is 228 g/mol. The highest BCUT2D eigenvalue weighted by Crippen LogP contribution is 2.13.